The number of carbonyl (C=O) groups is 1. The van der Waals surface area contributed by atoms with E-state index >= 15 is 0 Å². The van der Waals surface area contributed by atoms with Crippen molar-refractivity contribution in [1.82, 2.24) is 5.43 Å². The monoisotopic (exact) mass is 326 g/mol. The Hall–Kier alpha value is -2.82. The highest BCUT2D eigenvalue weighted by molar-refractivity contribution is 5.82. The zero-order valence-corrected chi connectivity index (χ0v) is 14.2. The summed E-state index contributed by atoms with van der Waals surface area (Å²) in [7, 11) is 0. The Morgan fingerprint density at radius 1 is 1.04 bits per heavy atom. The van der Waals surface area contributed by atoms with Crippen LogP contribution in [0.15, 0.2) is 47.6 Å². The Morgan fingerprint density at radius 3 is 2.42 bits per heavy atom. The lowest BCUT2D eigenvalue weighted by molar-refractivity contribution is -0.118. The first-order valence-electron chi connectivity index (χ1n) is 7.77. The quantitative estimate of drug-likeness (QED) is 0.483. The molecule has 1 N–H and O–H groups in total. The fourth-order valence-corrected chi connectivity index (χ4v) is 2.01. The number of nitrogens with one attached hydrogen (secondary N) is 1. The molecule has 0 aliphatic carbocycles. The molecular formula is C19H22N2O3. The van der Waals surface area contributed by atoms with Crippen molar-refractivity contribution in [3.8, 4) is 11.5 Å². The van der Waals surface area contributed by atoms with Crippen LogP contribution in [0.25, 0.3) is 0 Å². The normalized spacial score (nSPS) is 10.6. The Morgan fingerprint density at radius 2 is 1.75 bits per heavy atom. The highest BCUT2D eigenvalue weighted by Gasteiger charge is 1.99. The van der Waals surface area contributed by atoms with Crippen LogP contribution in [0.3, 0.4) is 0 Å². The van der Waals surface area contributed by atoms with Gasteiger partial charge in [0.25, 0.3) is 0 Å². The maximum absolute atomic E-state index is 10.8. The second-order valence-electron chi connectivity index (χ2n) is 5.44. The fraction of sp³-hybridized carbons (Fsp3) is 0.263. The number of carbonyl (C=O) groups excluding carboxylic acids is 1. The van der Waals surface area contributed by atoms with Crippen LogP contribution in [-0.2, 0) is 4.79 Å². The van der Waals surface area contributed by atoms with Crippen LogP contribution in [0.5, 0.6) is 11.5 Å². The molecular weight excluding hydrogens is 304 g/mol. The van der Waals surface area contributed by atoms with E-state index in [1.807, 2.05) is 42.5 Å². The average Bonchev–Trinajstić information content (AvgIpc) is 2.55. The number of rotatable bonds is 7. The molecule has 0 fully saturated rings. The largest absolute Gasteiger partial charge is 0.490 e. The summed E-state index contributed by atoms with van der Waals surface area (Å²) in [5.41, 5.74) is 5.66. The predicted octanol–water partition coefficient (Wildman–Crippen LogP) is 3.23. The van der Waals surface area contributed by atoms with Gasteiger partial charge >= 0.3 is 0 Å². The molecule has 0 aliphatic rings. The number of benzene rings is 2. The van der Waals surface area contributed by atoms with Crippen LogP contribution in [0.2, 0.25) is 0 Å². The lowest BCUT2D eigenvalue weighted by Gasteiger charge is -2.10. The third-order valence-electron chi connectivity index (χ3n) is 3.39. The minimum Gasteiger partial charge on any atom is -0.490 e. The van der Waals surface area contributed by atoms with Gasteiger partial charge in [0.15, 0.2) is 0 Å². The van der Waals surface area contributed by atoms with Gasteiger partial charge in [0.05, 0.1) is 6.21 Å². The van der Waals surface area contributed by atoms with Crippen LogP contribution in [0, 0.1) is 13.8 Å². The summed E-state index contributed by atoms with van der Waals surface area (Å²) in [6.45, 7) is 6.45. The molecule has 1 amide bonds. The standard InChI is InChI=1S/C19H22N2O3/c1-14-7-8-19(11-15(14)2)24-10-9-23-18-6-4-5-17(12-18)13-20-21-16(3)22/h4-8,11-13H,9-10H2,1-3H3,(H,21,22). The topological polar surface area (TPSA) is 59.9 Å². The molecule has 5 nitrogen and oxygen atoms in total. The molecule has 0 atom stereocenters. The molecule has 2 aromatic carbocycles. The van der Waals surface area contributed by atoms with Crippen molar-refractivity contribution in [2.75, 3.05) is 13.2 Å². The van der Waals surface area contributed by atoms with E-state index in [1.165, 1.54) is 18.1 Å². The molecule has 0 bridgehead atoms. The number of nitrogens with zero attached hydrogens (tertiary/aromatic N) is 1. The molecule has 126 valence electrons. The van der Waals surface area contributed by atoms with Gasteiger partial charge in [0.2, 0.25) is 5.91 Å². The predicted molar refractivity (Wildman–Crippen MR) is 94.8 cm³/mol. The minimum atomic E-state index is -0.206. The Kier molecular flexibility index (Phi) is 6.37. The van der Waals surface area contributed by atoms with Crippen LogP contribution in [0.4, 0.5) is 0 Å². The number of aryl methyl sites for hydroxylation is 2. The number of amides is 1. The SMILES string of the molecule is CC(=O)NN=Cc1cccc(OCCOc2ccc(C)c(C)c2)c1. The Balaban J connectivity index is 1.80. The van der Waals surface area contributed by atoms with Crippen molar-refractivity contribution >= 4 is 12.1 Å². The van der Waals surface area contributed by atoms with Gasteiger partial charge in [-0.05, 0) is 54.8 Å². The van der Waals surface area contributed by atoms with Gasteiger partial charge in [0.1, 0.15) is 24.7 Å². The molecule has 0 radical (unpaired) electrons. The minimum absolute atomic E-state index is 0.206. The molecule has 0 heterocycles. The van der Waals surface area contributed by atoms with E-state index in [-0.39, 0.29) is 5.91 Å². The highest BCUT2D eigenvalue weighted by atomic mass is 16.5. The van der Waals surface area contributed by atoms with Crippen LogP contribution in [0.1, 0.15) is 23.6 Å². The van der Waals surface area contributed by atoms with E-state index in [0.29, 0.717) is 13.2 Å². The van der Waals surface area contributed by atoms with Crippen molar-refractivity contribution in [3.05, 3.63) is 59.2 Å². The van der Waals surface area contributed by atoms with Crippen molar-refractivity contribution in [1.29, 1.82) is 0 Å². The maximum atomic E-state index is 10.8. The van der Waals surface area contributed by atoms with Crippen molar-refractivity contribution in [2.24, 2.45) is 5.10 Å². The zero-order chi connectivity index (χ0) is 17.4. The first-order chi connectivity index (χ1) is 11.5. The molecule has 0 spiro atoms. The lowest BCUT2D eigenvalue weighted by atomic mass is 10.1. The van der Waals surface area contributed by atoms with Crippen molar-refractivity contribution < 1.29 is 14.3 Å². The van der Waals surface area contributed by atoms with Gasteiger partial charge in [-0.1, -0.05) is 18.2 Å². The van der Waals surface area contributed by atoms with E-state index in [4.69, 9.17) is 9.47 Å². The van der Waals surface area contributed by atoms with Gasteiger partial charge in [-0.25, -0.2) is 5.43 Å². The fourth-order valence-electron chi connectivity index (χ4n) is 2.01. The van der Waals surface area contributed by atoms with Gasteiger partial charge in [-0.2, -0.15) is 5.10 Å². The van der Waals surface area contributed by atoms with Crippen molar-refractivity contribution in [2.45, 2.75) is 20.8 Å². The van der Waals surface area contributed by atoms with E-state index < -0.39 is 0 Å². The van der Waals surface area contributed by atoms with Gasteiger partial charge in [0, 0.05) is 6.92 Å². The zero-order valence-electron chi connectivity index (χ0n) is 14.2. The number of hydrogen-bond acceptors (Lipinski definition) is 4. The second kappa shape index (κ2) is 8.72. The summed E-state index contributed by atoms with van der Waals surface area (Å²) in [4.78, 5) is 10.8. The van der Waals surface area contributed by atoms with Crippen LogP contribution in [-0.4, -0.2) is 25.3 Å². The molecule has 5 heteroatoms. The molecule has 0 aromatic heterocycles. The lowest BCUT2D eigenvalue weighted by Crippen LogP contribution is -2.12. The first-order valence-corrected chi connectivity index (χ1v) is 7.77. The second-order valence-corrected chi connectivity index (χ2v) is 5.44. The molecule has 0 unspecified atom stereocenters. The van der Waals surface area contributed by atoms with Crippen LogP contribution >= 0.6 is 0 Å². The summed E-state index contributed by atoms with van der Waals surface area (Å²) in [5.74, 6) is 1.37. The third kappa shape index (κ3) is 5.76. The van der Waals surface area contributed by atoms with Crippen molar-refractivity contribution in [3.63, 3.8) is 0 Å². The third-order valence-corrected chi connectivity index (χ3v) is 3.39. The maximum Gasteiger partial charge on any atom is 0.236 e. The van der Waals surface area contributed by atoms with E-state index in [0.717, 1.165) is 17.1 Å². The smallest absolute Gasteiger partial charge is 0.236 e. The average molecular weight is 326 g/mol. The highest BCUT2D eigenvalue weighted by Crippen LogP contribution is 2.16. The molecule has 24 heavy (non-hydrogen) atoms. The summed E-state index contributed by atoms with van der Waals surface area (Å²) < 4.78 is 11.4. The van der Waals surface area contributed by atoms with E-state index in [2.05, 4.69) is 24.4 Å². The van der Waals surface area contributed by atoms with Crippen LogP contribution < -0.4 is 14.9 Å². The summed E-state index contributed by atoms with van der Waals surface area (Å²) in [6, 6.07) is 13.5. The van der Waals surface area contributed by atoms with Gasteiger partial charge in [-0.3, -0.25) is 4.79 Å². The first kappa shape index (κ1) is 17.5. The van der Waals surface area contributed by atoms with Gasteiger partial charge < -0.3 is 9.47 Å². The van der Waals surface area contributed by atoms with E-state index in [1.54, 1.807) is 6.21 Å². The number of hydrogen-bond donors (Lipinski definition) is 1. The summed E-state index contributed by atoms with van der Waals surface area (Å²) in [6.07, 6.45) is 1.57. The molecule has 0 aliphatic heterocycles. The molecule has 0 saturated carbocycles. The molecule has 0 saturated heterocycles. The Labute approximate surface area is 142 Å². The van der Waals surface area contributed by atoms with Gasteiger partial charge in [-0.15, -0.1) is 0 Å². The molecule has 2 rings (SSSR count). The van der Waals surface area contributed by atoms with E-state index in [9.17, 15) is 4.79 Å². The summed E-state index contributed by atoms with van der Waals surface area (Å²) in [5, 5.41) is 3.83. The Bertz CT molecular complexity index is 726. The molecule has 2 aromatic rings. The summed E-state index contributed by atoms with van der Waals surface area (Å²) >= 11 is 0. The number of ether oxygens (including phenoxy) is 2. The number of hydrazone groups is 1.